The predicted molar refractivity (Wildman–Crippen MR) is 73.5 cm³/mol. The number of rotatable bonds is 4. The first-order valence-corrected chi connectivity index (χ1v) is 6.99. The highest BCUT2D eigenvalue weighted by Gasteiger charge is 2.35. The molecule has 0 aromatic heterocycles. The monoisotopic (exact) mass is 248 g/mol. The van der Waals surface area contributed by atoms with E-state index in [9.17, 15) is 0 Å². The third-order valence-electron chi connectivity index (χ3n) is 3.96. The van der Waals surface area contributed by atoms with Crippen LogP contribution in [0, 0.1) is 12.3 Å². The van der Waals surface area contributed by atoms with E-state index in [4.69, 9.17) is 9.47 Å². The van der Waals surface area contributed by atoms with E-state index < -0.39 is 0 Å². The van der Waals surface area contributed by atoms with Gasteiger partial charge in [-0.1, -0.05) is 50.1 Å². The van der Waals surface area contributed by atoms with Crippen molar-refractivity contribution in [2.24, 2.45) is 5.41 Å². The number of hydrogen-bond acceptors (Lipinski definition) is 2. The fourth-order valence-corrected chi connectivity index (χ4v) is 2.57. The Morgan fingerprint density at radius 3 is 2.22 bits per heavy atom. The van der Waals surface area contributed by atoms with Crippen molar-refractivity contribution in [3.63, 3.8) is 0 Å². The molecule has 0 unspecified atom stereocenters. The Morgan fingerprint density at radius 2 is 1.72 bits per heavy atom. The van der Waals surface area contributed by atoms with E-state index in [1.54, 1.807) is 0 Å². The fraction of sp³-hybridized carbons (Fsp3) is 0.625. The lowest BCUT2D eigenvalue weighted by Crippen LogP contribution is -2.38. The number of aryl methyl sites for hydroxylation is 1. The zero-order valence-electron chi connectivity index (χ0n) is 11.7. The zero-order valence-corrected chi connectivity index (χ0v) is 11.7. The second-order valence-corrected chi connectivity index (χ2v) is 5.47. The molecule has 1 aliphatic rings. The summed E-state index contributed by atoms with van der Waals surface area (Å²) in [5.74, 6) is 0. The summed E-state index contributed by atoms with van der Waals surface area (Å²) in [4.78, 5) is 0. The summed E-state index contributed by atoms with van der Waals surface area (Å²) >= 11 is 0. The van der Waals surface area contributed by atoms with Crippen molar-refractivity contribution in [1.82, 2.24) is 0 Å². The summed E-state index contributed by atoms with van der Waals surface area (Å²) in [6.45, 7) is 8.18. The van der Waals surface area contributed by atoms with Gasteiger partial charge < -0.3 is 9.47 Å². The Morgan fingerprint density at radius 1 is 1.11 bits per heavy atom. The van der Waals surface area contributed by atoms with E-state index in [-0.39, 0.29) is 11.7 Å². The van der Waals surface area contributed by atoms with Crippen molar-refractivity contribution < 1.29 is 9.47 Å². The predicted octanol–water partition coefficient (Wildman–Crippen LogP) is 4.24. The molecule has 18 heavy (non-hydrogen) atoms. The third kappa shape index (κ3) is 2.93. The van der Waals surface area contributed by atoms with Crippen LogP contribution in [0.15, 0.2) is 24.3 Å². The molecule has 2 nitrogen and oxygen atoms in total. The molecule has 0 atom stereocenters. The first kappa shape index (κ1) is 13.6. The molecule has 1 fully saturated rings. The highest BCUT2D eigenvalue weighted by atomic mass is 16.7. The van der Waals surface area contributed by atoms with Gasteiger partial charge in [0.2, 0.25) is 0 Å². The van der Waals surface area contributed by atoms with Crippen molar-refractivity contribution in [3.05, 3.63) is 35.4 Å². The molecule has 1 aromatic rings. The SMILES string of the molecule is CCCC1(CC)COC(c2ccc(C)cc2)OC1. The highest BCUT2D eigenvalue weighted by molar-refractivity contribution is 5.22. The quantitative estimate of drug-likeness (QED) is 0.793. The molecular weight excluding hydrogens is 224 g/mol. The van der Waals surface area contributed by atoms with E-state index in [1.807, 2.05) is 0 Å². The summed E-state index contributed by atoms with van der Waals surface area (Å²) in [7, 11) is 0. The summed E-state index contributed by atoms with van der Waals surface area (Å²) in [6, 6.07) is 8.41. The second-order valence-electron chi connectivity index (χ2n) is 5.47. The van der Waals surface area contributed by atoms with Gasteiger partial charge in [0.25, 0.3) is 0 Å². The number of benzene rings is 1. The average Bonchev–Trinajstić information content (AvgIpc) is 2.41. The van der Waals surface area contributed by atoms with Crippen molar-refractivity contribution >= 4 is 0 Å². The minimum absolute atomic E-state index is 0.179. The van der Waals surface area contributed by atoms with Crippen LogP contribution >= 0.6 is 0 Å². The Kier molecular flexibility index (Phi) is 4.41. The molecule has 100 valence electrons. The van der Waals surface area contributed by atoms with Gasteiger partial charge in [0.05, 0.1) is 13.2 Å². The summed E-state index contributed by atoms with van der Waals surface area (Å²) in [5.41, 5.74) is 2.63. The second kappa shape index (κ2) is 5.85. The normalized spacial score (nSPS) is 28.3. The Hall–Kier alpha value is -0.860. The first-order chi connectivity index (χ1) is 8.69. The Labute approximate surface area is 110 Å². The molecule has 2 heteroatoms. The lowest BCUT2D eigenvalue weighted by Gasteiger charge is -2.39. The van der Waals surface area contributed by atoms with Crippen LogP contribution in [0.2, 0.25) is 0 Å². The molecule has 0 N–H and O–H groups in total. The molecule has 0 amide bonds. The van der Waals surface area contributed by atoms with Gasteiger partial charge >= 0.3 is 0 Å². The van der Waals surface area contributed by atoms with Gasteiger partial charge in [0, 0.05) is 11.0 Å². The van der Waals surface area contributed by atoms with E-state index >= 15 is 0 Å². The van der Waals surface area contributed by atoms with Crippen molar-refractivity contribution in [3.8, 4) is 0 Å². The molecule has 1 aromatic carbocycles. The molecule has 0 radical (unpaired) electrons. The number of ether oxygens (including phenoxy) is 2. The van der Waals surface area contributed by atoms with Crippen LogP contribution in [0.1, 0.15) is 50.5 Å². The van der Waals surface area contributed by atoms with Crippen LogP contribution in [0.3, 0.4) is 0 Å². The molecule has 1 saturated heterocycles. The Bertz CT molecular complexity index is 361. The third-order valence-corrected chi connectivity index (χ3v) is 3.96. The molecule has 0 aliphatic carbocycles. The molecule has 0 bridgehead atoms. The van der Waals surface area contributed by atoms with Gasteiger partial charge in [0.1, 0.15) is 0 Å². The Balaban J connectivity index is 1.99. The van der Waals surface area contributed by atoms with E-state index in [0.717, 1.165) is 25.2 Å². The lowest BCUT2D eigenvalue weighted by atomic mass is 9.82. The maximum Gasteiger partial charge on any atom is 0.183 e. The topological polar surface area (TPSA) is 18.5 Å². The van der Waals surface area contributed by atoms with Crippen molar-refractivity contribution in [2.45, 2.75) is 46.3 Å². The van der Waals surface area contributed by atoms with E-state index in [2.05, 4.69) is 45.0 Å². The van der Waals surface area contributed by atoms with Crippen LogP contribution < -0.4 is 0 Å². The molecule has 1 heterocycles. The maximum atomic E-state index is 5.94. The first-order valence-electron chi connectivity index (χ1n) is 6.99. The van der Waals surface area contributed by atoms with Gasteiger partial charge in [-0.3, -0.25) is 0 Å². The van der Waals surface area contributed by atoms with Gasteiger partial charge in [-0.25, -0.2) is 0 Å². The summed E-state index contributed by atoms with van der Waals surface area (Å²) < 4.78 is 11.9. The van der Waals surface area contributed by atoms with Crippen molar-refractivity contribution in [2.75, 3.05) is 13.2 Å². The number of hydrogen-bond donors (Lipinski definition) is 0. The smallest absolute Gasteiger partial charge is 0.183 e. The molecule has 0 spiro atoms. The molecule has 1 aliphatic heterocycles. The minimum Gasteiger partial charge on any atom is -0.348 e. The largest absolute Gasteiger partial charge is 0.348 e. The molecular formula is C16H24O2. The van der Waals surface area contributed by atoms with E-state index in [1.165, 1.54) is 18.4 Å². The van der Waals surface area contributed by atoms with Crippen LogP contribution in [-0.4, -0.2) is 13.2 Å². The summed E-state index contributed by atoms with van der Waals surface area (Å²) in [6.07, 6.45) is 3.32. The van der Waals surface area contributed by atoms with Gasteiger partial charge in [-0.05, 0) is 19.8 Å². The maximum absolute atomic E-state index is 5.94. The highest BCUT2D eigenvalue weighted by Crippen LogP contribution is 2.37. The van der Waals surface area contributed by atoms with E-state index in [0.29, 0.717) is 0 Å². The van der Waals surface area contributed by atoms with Gasteiger partial charge in [-0.2, -0.15) is 0 Å². The van der Waals surface area contributed by atoms with Crippen LogP contribution in [0.5, 0.6) is 0 Å². The standard InChI is InChI=1S/C16H24O2/c1-4-10-16(5-2)11-17-15(18-12-16)14-8-6-13(3)7-9-14/h6-9,15H,4-5,10-12H2,1-3H3. The summed E-state index contributed by atoms with van der Waals surface area (Å²) in [5, 5.41) is 0. The van der Waals surface area contributed by atoms with Gasteiger partial charge in [0.15, 0.2) is 6.29 Å². The molecule has 2 rings (SSSR count). The average molecular weight is 248 g/mol. The minimum atomic E-state index is -0.179. The van der Waals surface area contributed by atoms with Crippen LogP contribution in [0.4, 0.5) is 0 Å². The fourth-order valence-electron chi connectivity index (χ4n) is 2.57. The zero-order chi connectivity index (χ0) is 13.0. The van der Waals surface area contributed by atoms with Crippen LogP contribution in [0.25, 0.3) is 0 Å². The van der Waals surface area contributed by atoms with Gasteiger partial charge in [-0.15, -0.1) is 0 Å². The van der Waals surface area contributed by atoms with Crippen molar-refractivity contribution in [1.29, 1.82) is 0 Å². The molecule has 0 saturated carbocycles. The van der Waals surface area contributed by atoms with Crippen LogP contribution in [-0.2, 0) is 9.47 Å². The lowest BCUT2D eigenvalue weighted by molar-refractivity contribution is -0.236.